The number of hydroxylamine groups is 1. The second-order valence-electron chi connectivity index (χ2n) is 10.7. The summed E-state index contributed by atoms with van der Waals surface area (Å²) in [5, 5.41) is 8.67. The highest BCUT2D eigenvalue weighted by Gasteiger charge is 2.39. The summed E-state index contributed by atoms with van der Waals surface area (Å²) in [6.07, 6.45) is 6.28. The highest BCUT2D eigenvalue weighted by atomic mass is 32.2. The molecular formula is C30H43N3O6S. The molecule has 40 heavy (non-hydrogen) atoms. The number of amides is 1. The summed E-state index contributed by atoms with van der Waals surface area (Å²) in [6.45, 7) is 7.40. The Hall–Kier alpha value is -2.66. The van der Waals surface area contributed by atoms with Gasteiger partial charge in [-0.05, 0) is 87.2 Å². The molecule has 2 fully saturated rings. The lowest BCUT2D eigenvalue weighted by Gasteiger charge is -2.37. The highest BCUT2D eigenvalue weighted by molar-refractivity contribution is 7.92. The minimum atomic E-state index is -3.66. The van der Waals surface area contributed by atoms with Crippen LogP contribution in [0.25, 0.3) is 0 Å². The first-order chi connectivity index (χ1) is 19.4. The van der Waals surface area contributed by atoms with Gasteiger partial charge in [0.2, 0.25) is 0 Å². The first kappa shape index (κ1) is 30.3. The topological polar surface area (TPSA) is 108 Å². The predicted molar refractivity (Wildman–Crippen MR) is 153 cm³/mol. The first-order valence-corrected chi connectivity index (χ1v) is 16.0. The fourth-order valence-electron chi connectivity index (χ4n) is 5.45. The molecule has 2 aliphatic rings. The van der Waals surface area contributed by atoms with Gasteiger partial charge >= 0.3 is 0 Å². The predicted octanol–water partition coefficient (Wildman–Crippen LogP) is 4.04. The lowest BCUT2D eigenvalue weighted by atomic mass is 10.00. The number of nitrogens with zero attached hydrogens (tertiary/aromatic N) is 2. The van der Waals surface area contributed by atoms with E-state index in [2.05, 4.69) is 11.8 Å². The maximum absolute atomic E-state index is 13.4. The number of sulfone groups is 1. The molecule has 0 spiro atoms. The number of ether oxygens (including phenoxy) is 2. The molecule has 1 amide bonds. The molecule has 0 saturated carbocycles. The van der Waals surface area contributed by atoms with Gasteiger partial charge in [0, 0.05) is 19.6 Å². The van der Waals surface area contributed by atoms with E-state index < -0.39 is 27.0 Å². The zero-order valence-electron chi connectivity index (χ0n) is 23.5. The number of hydrogen-bond donors (Lipinski definition) is 2. The Labute approximate surface area is 238 Å². The average molecular weight is 574 g/mol. The molecule has 2 unspecified atom stereocenters. The zero-order valence-corrected chi connectivity index (χ0v) is 24.3. The smallest absolute Gasteiger partial charge is 0.260 e. The summed E-state index contributed by atoms with van der Waals surface area (Å²) >= 11 is 0. The van der Waals surface area contributed by atoms with Crippen LogP contribution in [-0.2, 0) is 21.2 Å². The van der Waals surface area contributed by atoms with Crippen molar-refractivity contribution in [2.45, 2.75) is 74.6 Å². The van der Waals surface area contributed by atoms with Crippen molar-refractivity contribution in [1.82, 2.24) is 15.3 Å². The Kier molecular flexibility index (Phi) is 11.2. The number of benzene rings is 2. The second kappa shape index (κ2) is 14.8. The standard InChI is InChI=1S/C30H43N3O6S/c1-2-3-20-38-26-11-13-27(14-12-26)40(36,37)28-15-18-33(29(22-28)30(34)31-35)23-24-7-9-25(10-8-24)39-21-19-32-16-5-4-6-17-32/h7-14,28-29,35H,2-6,15-23H2,1H3,(H,31,34). The van der Waals surface area contributed by atoms with E-state index in [0.29, 0.717) is 38.5 Å². The van der Waals surface area contributed by atoms with Crippen LogP contribution >= 0.6 is 0 Å². The molecule has 2 aromatic carbocycles. The molecule has 0 bridgehead atoms. The second-order valence-corrected chi connectivity index (χ2v) is 12.9. The summed E-state index contributed by atoms with van der Waals surface area (Å²) in [6, 6.07) is 13.5. The molecular weight excluding hydrogens is 530 g/mol. The molecule has 2 heterocycles. The number of carbonyl (C=O) groups excluding carboxylic acids is 1. The van der Waals surface area contributed by atoms with E-state index in [1.807, 2.05) is 29.2 Å². The molecule has 2 N–H and O–H groups in total. The van der Waals surface area contributed by atoms with Gasteiger partial charge in [0.05, 0.1) is 22.8 Å². The summed E-state index contributed by atoms with van der Waals surface area (Å²) in [5.41, 5.74) is 2.72. The van der Waals surface area contributed by atoms with E-state index >= 15 is 0 Å². The number of piperidine rings is 2. The van der Waals surface area contributed by atoms with Crippen LogP contribution in [0.15, 0.2) is 53.4 Å². The minimum Gasteiger partial charge on any atom is -0.494 e. The Morgan fingerprint density at radius 2 is 1.60 bits per heavy atom. The molecule has 2 saturated heterocycles. The van der Waals surface area contributed by atoms with E-state index in [0.717, 1.165) is 43.8 Å². The Bertz CT molecular complexity index is 1170. The van der Waals surface area contributed by atoms with Gasteiger partial charge in [-0.15, -0.1) is 0 Å². The summed E-state index contributed by atoms with van der Waals surface area (Å²) < 4.78 is 38.5. The Morgan fingerprint density at radius 1 is 0.950 bits per heavy atom. The Balaban J connectivity index is 1.34. The quantitative estimate of drug-likeness (QED) is 0.210. The van der Waals surface area contributed by atoms with Crippen molar-refractivity contribution >= 4 is 15.7 Å². The van der Waals surface area contributed by atoms with Gasteiger partial charge in [-0.3, -0.25) is 19.8 Å². The summed E-state index contributed by atoms with van der Waals surface area (Å²) in [4.78, 5) is 17.2. The highest BCUT2D eigenvalue weighted by Crippen LogP contribution is 2.30. The van der Waals surface area contributed by atoms with E-state index in [1.54, 1.807) is 29.7 Å². The lowest BCUT2D eigenvalue weighted by Crippen LogP contribution is -2.52. The molecule has 0 aliphatic carbocycles. The monoisotopic (exact) mass is 573 g/mol. The molecule has 4 rings (SSSR count). The maximum Gasteiger partial charge on any atom is 0.260 e. The van der Waals surface area contributed by atoms with Crippen molar-refractivity contribution < 1.29 is 27.9 Å². The average Bonchev–Trinajstić information content (AvgIpc) is 2.99. The van der Waals surface area contributed by atoms with E-state index in [-0.39, 0.29) is 11.3 Å². The number of unbranched alkanes of at least 4 members (excludes halogenated alkanes) is 1. The fourth-order valence-corrected chi connectivity index (χ4v) is 7.21. The van der Waals surface area contributed by atoms with Crippen LogP contribution in [0.5, 0.6) is 11.5 Å². The van der Waals surface area contributed by atoms with Gasteiger partial charge in [-0.25, -0.2) is 13.9 Å². The van der Waals surface area contributed by atoms with E-state index in [1.165, 1.54) is 19.3 Å². The van der Waals surface area contributed by atoms with Crippen molar-refractivity contribution in [3.8, 4) is 11.5 Å². The molecule has 2 aromatic rings. The van der Waals surface area contributed by atoms with E-state index in [9.17, 15) is 18.4 Å². The number of hydrogen-bond acceptors (Lipinski definition) is 8. The van der Waals surface area contributed by atoms with Crippen molar-refractivity contribution in [2.75, 3.05) is 39.4 Å². The fraction of sp³-hybridized carbons (Fsp3) is 0.567. The third kappa shape index (κ3) is 8.19. The molecule has 0 aromatic heterocycles. The van der Waals surface area contributed by atoms with Crippen LogP contribution in [-0.4, -0.2) is 80.0 Å². The molecule has 220 valence electrons. The molecule has 2 aliphatic heterocycles. The van der Waals surface area contributed by atoms with Gasteiger partial charge in [0.1, 0.15) is 18.1 Å². The third-order valence-corrected chi connectivity index (χ3v) is 10.1. The number of rotatable bonds is 13. The van der Waals surface area contributed by atoms with Crippen molar-refractivity contribution in [3.63, 3.8) is 0 Å². The van der Waals surface area contributed by atoms with Gasteiger partial charge in [-0.2, -0.15) is 0 Å². The Morgan fingerprint density at radius 3 is 2.25 bits per heavy atom. The van der Waals surface area contributed by atoms with Crippen LogP contribution in [0.1, 0.15) is 57.4 Å². The van der Waals surface area contributed by atoms with Gasteiger partial charge in [-0.1, -0.05) is 31.9 Å². The van der Waals surface area contributed by atoms with Gasteiger partial charge in [0.15, 0.2) is 9.84 Å². The molecule has 9 nitrogen and oxygen atoms in total. The van der Waals surface area contributed by atoms with Crippen LogP contribution in [0.3, 0.4) is 0 Å². The maximum atomic E-state index is 13.4. The normalized spacial score (nSPS) is 20.6. The van der Waals surface area contributed by atoms with Crippen molar-refractivity contribution in [3.05, 3.63) is 54.1 Å². The van der Waals surface area contributed by atoms with Crippen LogP contribution < -0.4 is 15.0 Å². The lowest BCUT2D eigenvalue weighted by molar-refractivity contribution is -0.136. The molecule has 0 radical (unpaired) electrons. The van der Waals surface area contributed by atoms with Gasteiger partial charge < -0.3 is 9.47 Å². The SMILES string of the molecule is CCCCOc1ccc(S(=O)(=O)C2CCN(Cc3ccc(OCCN4CCCCC4)cc3)C(C(=O)NO)C2)cc1. The van der Waals surface area contributed by atoms with Crippen LogP contribution in [0.2, 0.25) is 0 Å². The third-order valence-electron chi connectivity index (χ3n) is 7.87. The van der Waals surface area contributed by atoms with Crippen molar-refractivity contribution in [2.24, 2.45) is 0 Å². The molecule has 2 atom stereocenters. The zero-order chi connectivity index (χ0) is 28.4. The van der Waals surface area contributed by atoms with Crippen LogP contribution in [0, 0.1) is 0 Å². The largest absolute Gasteiger partial charge is 0.494 e. The summed E-state index contributed by atoms with van der Waals surface area (Å²) in [7, 11) is -3.66. The molecule has 10 heteroatoms. The number of nitrogens with one attached hydrogen (secondary N) is 1. The van der Waals surface area contributed by atoms with Crippen LogP contribution in [0.4, 0.5) is 0 Å². The summed E-state index contributed by atoms with van der Waals surface area (Å²) in [5.74, 6) is 0.840. The van der Waals surface area contributed by atoms with E-state index in [4.69, 9.17) is 9.47 Å². The van der Waals surface area contributed by atoms with Crippen molar-refractivity contribution in [1.29, 1.82) is 0 Å². The number of likely N-dealkylation sites (tertiary alicyclic amines) is 2. The number of carbonyl (C=O) groups is 1. The minimum absolute atomic E-state index is 0.0984. The first-order valence-electron chi connectivity index (χ1n) is 14.5. The van der Waals surface area contributed by atoms with Gasteiger partial charge in [0.25, 0.3) is 5.91 Å².